The second-order valence-corrected chi connectivity index (χ2v) is 4.63. The summed E-state index contributed by atoms with van der Waals surface area (Å²) in [5.74, 6) is 1.71. The lowest BCUT2D eigenvalue weighted by molar-refractivity contribution is -0.116. The minimum absolute atomic E-state index is 0.161. The Morgan fingerprint density at radius 1 is 1.28 bits per heavy atom. The Hall–Kier alpha value is -1.36. The monoisotopic (exact) mass is 269 g/mol. The average Bonchev–Trinajstić information content (AvgIpc) is 2.37. The third-order valence-corrected chi connectivity index (χ3v) is 3.26. The number of hydrogen-bond donors (Lipinski definition) is 1. The number of ketones is 1. The van der Waals surface area contributed by atoms with Gasteiger partial charge < -0.3 is 14.8 Å². The van der Waals surface area contributed by atoms with Crippen molar-refractivity contribution in [2.75, 3.05) is 32.3 Å². The Labute approximate surface area is 112 Å². The van der Waals surface area contributed by atoms with Crippen molar-refractivity contribution in [1.29, 1.82) is 0 Å². The molecule has 100 valence electrons. The first-order valence-electron chi connectivity index (χ1n) is 5.65. The van der Waals surface area contributed by atoms with Crippen LogP contribution in [0.2, 0.25) is 0 Å². The maximum absolute atomic E-state index is 10.9. The van der Waals surface area contributed by atoms with Gasteiger partial charge in [-0.2, -0.15) is 0 Å². The molecule has 0 spiro atoms. The molecule has 0 aliphatic rings. The predicted octanol–water partition coefficient (Wildman–Crippen LogP) is 2.82. The number of thioether (sulfide) groups is 1. The molecule has 5 heteroatoms. The molecule has 0 amide bonds. The van der Waals surface area contributed by atoms with E-state index in [-0.39, 0.29) is 5.78 Å². The Morgan fingerprint density at radius 2 is 1.94 bits per heavy atom. The first-order valence-corrected chi connectivity index (χ1v) is 6.88. The first-order chi connectivity index (χ1) is 8.62. The van der Waals surface area contributed by atoms with Crippen LogP contribution in [0.1, 0.15) is 13.3 Å². The van der Waals surface area contributed by atoms with Crippen LogP contribution in [0.25, 0.3) is 0 Å². The molecule has 0 fully saturated rings. The molecule has 0 aromatic heterocycles. The van der Waals surface area contributed by atoms with Gasteiger partial charge in [0.25, 0.3) is 0 Å². The summed E-state index contributed by atoms with van der Waals surface area (Å²) in [6.45, 7) is 2.17. The maximum Gasteiger partial charge on any atom is 0.143 e. The van der Waals surface area contributed by atoms with Crippen LogP contribution in [0.15, 0.2) is 17.0 Å². The summed E-state index contributed by atoms with van der Waals surface area (Å²) in [4.78, 5) is 11.9. The summed E-state index contributed by atoms with van der Waals surface area (Å²) in [6.07, 6.45) is 2.48. The highest BCUT2D eigenvalue weighted by atomic mass is 32.2. The number of anilines is 1. The maximum atomic E-state index is 10.9. The molecule has 0 aliphatic heterocycles. The molecule has 0 atom stereocenters. The lowest BCUT2D eigenvalue weighted by Gasteiger charge is -2.14. The van der Waals surface area contributed by atoms with Crippen LogP contribution in [0.5, 0.6) is 11.5 Å². The van der Waals surface area contributed by atoms with E-state index in [1.165, 1.54) is 0 Å². The van der Waals surface area contributed by atoms with Crippen LogP contribution >= 0.6 is 11.8 Å². The van der Waals surface area contributed by atoms with Gasteiger partial charge in [0.1, 0.15) is 17.3 Å². The number of benzene rings is 1. The highest BCUT2D eigenvalue weighted by Gasteiger charge is 2.10. The largest absolute Gasteiger partial charge is 0.496 e. The summed E-state index contributed by atoms with van der Waals surface area (Å²) in [6, 6.07) is 3.82. The number of hydrogen-bond acceptors (Lipinski definition) is 5. The molecule has 1 aromatic carbocycles. The van der Waals surface area contributed by atoms with E-state index in [0.29, 0.717) is 13.0 Å². The van der Waals surface area contributed by atoms with Crippen molar-refractivity contribution in [1.82, 2.24) is 0 Å². The fourth-order valence-corrected chi connectivity index (χ4v) is 2.11. The zero-order valence-corrected chi connectivity index (χ0v) is 12.0. The molecule has 1 aromatic rings. The molecule has 0 radical (unpaired) electrons. The fourth-order valence-electron chi connectivity index (χ4n) is 1.54. The molecule has 0 unspecified atom stereocenters. The summed E-state index contributed by atoms with van der Waals surface area (Å²) in [7, 11) is 3.27. The van der Waals surface area contributed by atoms with Crippen LogP contribution in [-0.4, -0.2) is 32.8 Å². The first kappa shape index (κ1) is 14.7. The zero-order valence-electron chi connectivity index (χ0n) is 11.2. The molecule has 1 N–H and O–H groups in total. The standard InChI is InChI=1S/C13H19NO3S/c1-9(15)5-6-14-10-7-12(17-3)13(18-4)8-11(10)16-2/h7-8,14H,5-6H2,1-4H3. The van der Waals surface area contributed by atoms with Gasteiger partial charge in [-0.1, -0.05) is 0 Å². The van der Waals surface area contributed by atoms with Crippen molar-refractivity contribution >= 4 is 23.2 Å². The van der Waals surface area contributed by atoms with Crippen LogP contribution in [-0.2, 0) is 4.79 Å². The van der Waals surface area contributed by atoms with Gasteiger partial charge in [-0.3, -0.25) is 4.79 Å². The smallest absolute Gasteiger partial charge is 0.143 e. The number of carbonyl (C=O) groups excluding carboxylic acids is 1. The van der Waals surface area contributed by atoms with Crippen LogP contribution in [0.3, 0.4) is 0 Å². The summed E-state index contributed by atoms with van der Waals surface area (Å²) >= 11 is 1.60. The highest BCUT2D eigenvalue weighted by Crippen LogP contribution is 2.37. The van der Waals surface area contributed by atoms with Crippen molar-refractivity contribution in [2.45, 2.75) is 18.2 Å². The third-order valence-electron chi connectivity index (χ3n) is 2.50. The van der Waals surface area contributed by atoms with E-state index in [4.69, 9.17) is 9.47 Å². The van der Waals surface area contributed by atoms with E-state index < -0.39 is 0 Å². The molecular weight excluding hydrogens is 250 g/mol. The van der Waals surface area contributed by atoms with E-state index in [0.717, 1.165) is 22.1 Å². The molecule has 0 heterocycles. The van der Waals surface area contributed by atoms with Crippen LogP contribution in [0, 0.1) is 0 Å². The van der Waals surface area contributed by atoms with Crippen molar-refractivity contribution in [3.63, 3.8) is 0 Å². The van der Waals surface area contributed by atoms with Gasteiger partial charge in [0.15, 0.2) is 0 Å². The zero-order chi connectivity index (χ0) is 13.5. The van der Waals surface area contributed by atoms with Crippen molar-refractivity contribution in [3.8, 4) is 11.5 Å². The molecular formula is C13H19NO3S. The Kier molecular flexibility index (Phi) is 5.85. The number of nitrogens with one attached hydrogen (secondary N) is 1. The SMILES string of the molecule is COc1cc(SC)c(OC)cc1NCCC(C)=O. The van der Waals surface area contributed by atoms with E-state index in [9.17, 15) is 4.79 Å². The number of rotatable bonds is 7. The summed E-state index contributed by atoms with van der Waals surface area (Å²) < 4.78 is 10.6. The number of carbonyl (C=O) groups is 1. The van der Waals surface area contributed by atoms with E-state index in [2.05, 4.69) is 5.32 Å². The van der Waals surface area contributed by atoms with Crippen molar-refractivity contribution < 1.29 is 14.3 Å². The minimum atomic E-state index is 0.161. The molecule has 4 nitrogen and oxygen atoms in total. The molecule has 18 heavy (non-hydrogen) atoms. The van der Waals surface area contributed by atoms with E-state index in [1.54, 1.807) is 32.9 Å². The number of Topliss-reactive ketones (excluding diaryl/α,β-unsaturated/α-hetero) is 1. The van der Waals surface area contributed by atoms with Crippen molar-refractivity contribution in [3.05, 3.63) is 12.1 Å². The van der Waals surface area contributed by atoms with Crippen molar-refractivity contribution in [2.24, 2.45) is 0 Å². The fraction of sp³-hybridized carbons (Fsp3) is 0.462. The van der Waals surface area contributed by atoms with Crippen LogP contribution < -0.4 is 14.8 Å². The van der Waals surface area contributed by atoms with Gasteiger partial charge in [-0.05, 0) is 19.2 Å². The molecule has 0 bridgehead atoms. The lowest BCUT2D eigenvalue weighted by atomic mass is 10.2. The van der Waals surface area contributed by atoms with Gasteiger partial charge in [0.2, 0.25) is 0 Å². The van der Waals surface area contributed by atoms with Gasteiger partial charge in [-0.25, -0.2) is 0 Å². The normalized spacial score (nSPS) is 10.0. The Bertz CT molecular complexity index is 421. The Balaban J connectivity index is 2.91. The topological polar surface area (TPSA) is 47.6 Å². The van der Waals surface area contributed by atoms with E-state index >= 15 is 0 Å². The van der Waals surface area contributed by atoms with E-state index in [1.807, 2.05) is 18.4 Å². The summed E-state index contributed by atoms with van der Waals surface area (Å²) in [5, 5.41) is 3.19. The number of ether oxygens (including phenoxy) is 2. The average molecular weight is 269 g/mol. The van der Waals surface area contributed by atoms with Gasteiger partial charge in [0.05, 0.1) is 24.8 Å². The molecule has 0 aliphatic carbocycles. The molecule has 1 rings (SSSR count). The lowest BCUT2D eigenvalue weighted by Crippen LogP contribution is -2.07. The van der Waals surface area contributed by atoms with Gasteiger partial charge >= 0.3 is 0 Å². The van der Waals surface area contributed by atoms with Gasteiger partial charge in [0, 0.05) is 19.0 Å². The Morgan fingerprint density at radius 3 is 2.44 bits per heavy atom. The second-order valence-electron chi connectivity index (χ2n) is 3.79. The summed E-state index contributed by atoms with van der Waals surface area (Å²) in [5.41, 5.74) is 0.841. The number of methoxy groups -OCH3 is 2. The molecule has 0 saturated heterocycles. The third kappa shape index (κ3) is 3.84. The van der Waals surface area contributed by atoms with Gasteiger partial charge in [-0.15, -0.1) is 11.8 Å². The quantitative estimate of drug-likeness (QED) is 0.771. The predicted molar refractivity (Wildman–Crippen MR) is 75.1 cm³/mol. The van der Waals surface area contributed by atoms with Crippen LogP contribution in [0.4, 0.5) is 5.69 Å². The minimum Gasteiger partial charge on any atom is -0.496 e. The second kappa shape index (κ2) is 7.16. The highest BCUT2D eigenvalue weighted by molar-refractivity contribution is 7.98. The molecule has 0 saturated carbocycles.